The van der Waals surface area contributed by atoms with Crippen molar-refractivity contribution in [1.82, 2.24) is 14.7 Å². The number of likely N-dealkylation sites (tertiary alicyclic amines) is 1. The lowest BCUT2D eigenvalue weighted by atomic mass is 9.95. The molecule has 0 atom stereocenters. The minimum atomic E-state index is 0.112. The second-order valence-corrected chi connectivity index (χ2v) is 5.28. The Morgan fingerprint density at radius 2 is 1.56 bits per heavy atom. The molecule has 18 heavy (non-hydrogen) atoms. The first-order valence-electron chi connectivity index (χ1n) is 6.64. The summed E-state index contributed by atoms with van der Waals surface area (Å²) in [6.07, 6.45) is 1.95. The van der Waals surface area contributed by atoms with Crippen LogP contribution in [0.25, 0.3) is 0 Å². The van der Waals surface area contributed by atoms with E-state index < -0.39 is 0 Å². The van der Waals surface area contributed by atoms with Gasteiger partial charge in [0.15, 0.2) is 5.96 Å². The maximum Gasteiger partial charge on any atom is 0.225 e. The molecular weight excluding hydrogens is 230 g/mol. The van der Waals surface area contributed by atoms with Crippen LogP contribution in [0, 0.1) is 11.3 Å². The van der Waals surface area contributed by atoms with Crippen molar-refractivity contribution in [3.8, 4) is 0 Å². The quantitative estimate of drug-likeness (QED) is 0.482. The van der Waals surface area contributed by atoms with E-state index in [1.807, 2.05) is 9.80 Å². The molecule has 0 aromatic carbocycles. The number of guanidine groups is 1. The normalized spacial score (nSPS) is 23.2. The lowest BCUT2D eigenvalue weighted by Gasteiger charge is -2.38. The molecule has 2 rings (SSSR count). The smallest absolute Gasteiger partial charge is 0.225 e. The predicted molar refractivity (Wildman–Crippen MR) is 70.3 cm³/mol. The van der Waals surface area contributed by atoms with Crippen LogP contribution in [0.1, 0.15) is 12.8 Å². The van der Waals surface area contributed by atoms with Gasteiger partial charge in [0.1, 0.15) is 0 Å². The van der Waals surface area contributed by atoms with Crippen molar-refractivity contribution in [1.29, 1.82) is 5.41 Å². The summed E-state index contributed by atoms with van der Waals surface area (Å²) < 4.78 is 0. The molecule has 0 saturated carbocycles. The third-order valence-electron chi connectivity index (χ3n) is 4.00. The Kier molecular flexibility index (Phi) is 4.06. The topological polar surface area (TPSA) is 76.7 Å². The molecule has 1 amide bonds. The molecule has 0 aromatic heterocycles. The SMILES string of the molecule is CN1CCC(C(=O)N2CCN(C(=N)N)CC2)CC1. The molecule has 2 saturated heterocycles. The van der Waals surface area contributed by atoms with Crippen LogP contribution in [0.5, 0.6) is 0 Å². The largest absolute Gasteiger partial charge is 0.370 e. The Labute approximate surface area is 108 Å². The molecule has 0 aliphatic carbocycles. The van der Waals surface area contributed by atoms with E-state index in [-0.39, 0.29) is 11.9 Å². The summed E-state index contributed by atoms with van der Waals surface area (Å²) in [6, 6.07) is 0. The molecule has 0 spiro atoms. The van der Waals surface area contributed by atoms with Crippen molar-refractivity contribution in [3.63, 3.8) is 0 Å². The number of carbonyl (C=O) groups is 1. The number of piperidine rings is 1. The van der Waals surface area contributed by atoms with E-state index in [0.717, 1.165) is 25.9 Å². The number of nitrogens with one attached hydrogen (secondary N) is 1. The molecule has 0 radical (unpaired) electrons. The Morgan fingerprint density at radius 3 is 2.06 bits per heavy atom. The van der Waals surface area contributed by atoms with Crippen LogP contribution in [0.4, 0.5) is 0 Å². The molecule has 6 nitrogen and oxygen atoms in total. The summed E-state index contributed by atoms with van der Waals surface area (Å²) >= 11 is 0. The number of nitrogens with zero attached hydrogens (tertiary/aromatic N) is 3. The number of amides is 1. The molecule has 0 aromatic rings. The Balaban J connectivity index is 1.82. The van der Waals surface area contributed by atoms with Crippen LogP contribution in [-0.4, -0.2) is 72.9 Å². The van der Waals surface area contributed by atoms with Crippen LogP contribution in [0.3, 0.4) is 0 Å². The monoisotopic (exact) mass is 253 g/mol. The first-order chi connectivity index (χ1) is 8.58. The van der Waals surface area contributed by atoms with E-state index in [1.165, 1.54) is 0 Å². The number of nitrogens with two attached hydrogens (primary N) is 1. The third-order valence-corrected chi connectivity index (χ3v) is 4.00. The molecule has 2 heterocycles. The zero-order valence-electron chi connectivity index (χ0n) is 11.1. The average molecular weight is 253 g/mol. The molecule has 2 fully saturated rings. The van der Waals surface area contributed by atoms with Gasteiger partial charge < -0.3 is 20.4 Å². The van der Waals surface area contributed by atoms with Gasteiger partial charge >= 0.3 is 0 Å². The number of piperazine rings is 1. The van der Waals surface area contributed by atoms with Gasteiger partial charge in [-0.3, -0.25) is 10.2 Å². The van der Waals surface area contributed by atoms with Crippen LogP contribution >= 0.6 is 0 Å². The van der Waals surface area contributed by atoms with Crippen molar-refractivity contribution in [2.24, 2.45) is 11.7 Å². The van der Waals surface area contributed by atoms with Crippen molar-refractivity contribution >= 4 is 11.9 Å². The fourth-order valence-corrected chi connectivity index (χ4v) is 2.68. The van der Waals surface area contributed by atoms with E-state index in [0.29, 0.717) is 32.1 Å². The zero-order chi connectivity index (χ0) is 13.1. The number of hydrogen-bond donors (Lipinski definition) is 2. The predicted octanol–water partition coefficient (Wildman–Crippen LogP) is -0.634. The Morgan fingerprint density at radius 1 is 1.06 bits per heavy atom. The van der Waals surface area contributed by atoms with Crippen LogP contribution in [-0.2, 0) is 4.79 Å². The fraction of sp³-hybridized carbons (Fsp3) is 0.833. The lowest BCUT2D eigenvalue weighted by molar-refractivity contribution is -0.138. The molecule has 0 bridgehead atoms. The Hall–Kier alpha value is -1.30. The van der Waals surface area contributed by atoms with Gasteiger partial charge in [-0.25, -0.2) is 0 Å². The van der Waals surface area contributed by atoms with Crippen molar-refractivity contribution < 1.29 is 4.79 Å². The van der Waals surface area contributed by atoms with E-state index in [2.05, 4.69) is 11.9 Å². The van der Waals surface area contributed by atoms with Crippen LogP contribution < -0.4 is 5.73 Å². The van der Waals surface area contributed by atoms with Crippen molar-refractivity contribution in [2.75, 3.05) is 46.3 Å². The maximum absolute atomic E-state index is 12.3. The van der Waals surface area contributed by atoms with E-state index in [9.17, 15) is 4.79 Å². The minimum absolute atomic E-state index is 0.112. The first-order valence-corrected chi connectivity index (χ1v) is 6.64. The molecule has 0 unspecified atom stereocenters. The van der Waals surface area contributed by atoms with E-state index >= 15 is 0 Å². The molecule has 2 aliphatic heterocycles. The first kappa shape index (κ1) is 13.1. The van der Waals surface area contributed by atoms with E-state index in [1.54, 1.807) is 0 Å². The average Bonchev–Trinajstić information content (AvgIpc) is 2.39. The van der Waals surface area contributed by atoms with Gasteiger partial charge in [-0.05, 0) is 33.0 Å². The Bertz CT molecular complexity index is 316. The minimum Gasteiger partial charge on any atom is -0.370 e. The standard InChI is InChI=1S/C12H23N5O/c1-15-4-2-10(3-5-15)11(18)16-6-8-17(9-7-16)12(13)14/h10H,2-9H2,1H3,(H3,13,14). The molecule has 6 heteroatoms. The van der Waals surface area contributed by atoms with Gasteiger partial charge in [-0.1, -0.05) is 0 Å². The highest BCUT2D eigenvalue weighted by Gasteiger charge is 2.29. The summed E-state index contributed by atoms with van der Waals surface area (Å²) in [5.74, 6) is 0.609. The van der Waals surface area contributed by atoms with Crippen LogP contribution in [0.15, 0.2) is 0 Å². The van der Waals surface area contributed by atoms with Gasteiger partial charge in [-0.2, -0.15) is 0 Å². The van der Waals surface area contributed by atoms with Gasteiger partial charge in [0.25, 0.3) is 0 Å². The van der Waals surface area contributed by atoms with E-state index in [4.69, 9.17) is 11.1 Å². The summed E-state index contributed by atoms with van der Waals surface area (Å²) in [7, 11) is 2.10. The van der Waals surface area contributed by atoms with Gasteiger partial charge in [0, 0.05) is 32.1 Å². The fourth-order valence-electron chi connectivity index (χ4n) is 2.68. The second-order valence-electron chi connectivity index (χ2n) is 5.28. The van der Waals surface area contributed by atoms with Gasteiger partial charge in [0.2, 0.25) is 5.91 Å². The molecule has 102 valence electrons. The second kappa shape index (κ2) is 5.56. The summed E-state index contributed by atoms with van der Waals surface area (Å²) in [4.78, 5) is 18.4. The zero-order valence-corrected chi connectivity index (χ0v) is 11.1. The van der Waals surface area contributed by atoms with Gasteiger partial charge in [0.05, 0.1) is 0 Å². The van der Waals surface area contributed by atoms with Gasteiger partial charge in [-0.15, -0.1) is 0 Å². The summed E-state index contributed by atoms with van der Waals surface area (Å²) in [6.45, 7) is 4.81. The maximum atomic E-state index is 12.3. The highest BCUT2D eigenvalue weighted by Crippen LogP contribution is 2.19. The highest BCUT2D eigenvalue weighted by atomic mass is 16.2. The molecule has 2 aliphatic rings. The molecule has 3 N–H and O–H groups in total. The number of rotatable bonds is 1. The number of hydrogen-bond acceptors (Lipinski definition) is 3. The van der Waals surface area contributed by atoms with Crippen LogP contribution in [0.2, 0.25) is 0 Å². The lowest BCUT2D eigenvalue weighted by Crippen LogP contribution is -2.54. The van der Waals surface area contributed by atoms with Crippen molar-refractivity contribution in [3.05, 3.63) is 0 Å². The summed E-state index contributed by atoms with van der Waals surface area (Å²) in [5, 5.41) is 7.37. The number of carbonyl (C=O) groups excluding carboxylic acids is 1. The molecular formula is C12H23N5O. The highest BCUT2D eigenvalue weighted by molar-refractivity contribution is 5.80. The third kappa shape index (κ3) is 2.93. The summed E-state index contributed by atoms with van der Waals surface area (Å²) in [5.41, 5.74) is 5.45. The van der Waals surface area contributed by atoms with Crippen molar-refractivity contribution in [2.45, 2.75) is 12.8 Å².